The largest absolute Gasteiger partial charge is 0.306 e. The number of fused-ring (bicyclic) bond motifs is 1. The molecule has 3 heteroatoms. The van der Waals surface area contributed by atoms with Crippen molar-refractivity contribution in [3.63, 3.8) is 0 Å². The Hall–Kier alpha value is -0.250. The summed E-state index contributed by atoms with van der Waals surface area (Å²) in [5.41, 5.74) is 3.27. The monoisotopic (exact) mass is 321 g/mol. The molecule has 0 radical (unpaired) electrons. The van der Waals surface area contributed by atoms with E-state index in [0.717, 1.165) is 6.54 Å². The van der Waals surface area contributed by atoms with Crippen molar-refractivity contribution in [2.45, 2.75) is 63.7 Å². The summed E-state index contributed by atoms with van der Waals surface area (Å²) in [6.07, 6.45) is 12.0. The number of thiophene rings is 1. The molecule has 0 amide bonds. The summed E-state index contributed by atoms with van der Waals surface area (Å²) in [4.78, 5) is 3.22. The molecule has 2 aliphatic rings. The van der Waals surface area contributed by atoms with Gasteiger partial charge in [-0.05, 0) is 56.0 Å². The highest BCUT2D eigenvalue weighted by molar-refractivity contribution is 7.98. The molecule has 1 unspecified atom stereocenters. The van der Waals surface area contributed by atoms with E-state index in [1.54, 1.807) is 20.9 Å². The average molecular weight is 322 g/mol. The predicted octanol–water partition coefficient (Wildman–Crippen LogP) is 5.47. The van der Waals surface area contributed by atoms with Gasteiger partial charge in [-0.2, -0.15) is 11.8 Å². The highest BCUT2D eigenvalue weighted by Crippen LogP contribution is 2.38. The van der Waals surface area contributed by atoms with Crippen LogP contribution in [0.4, 0.5) is 0 Å². The lowest BCUT2D eigenvalue weighted by Crippen LogP contribution is -2.22. The maximum Gasteiger partial charge on any atom is 0.0630 e. The molecule has 2 heterocycles. The van der Waals surface area contributed by atoms with Crippen molar-refractivity contribution in [2.24, 2.45) is 0 Å². The van der Waals surface area contributed by atoms with Crippen LogP contribution in [0.5, 0.6) is 0 Å². The molecule has 0 fully saturated rings. The highest BCUT2D eigenvalue weighted by atomic mass is 32.2. The standard InChI is InChI=1S/C18H27NS2/c1-2-19-18(14-8-6-4-3-5-7-9-14)17-12-15-13-20-11-10-16(15)21-17/h8,12,18-19H,2-7,9-11,13H2,1H3. The number of allylic oxidation sites excluding steroid dienone is 1. The van der Waals surface area contributed by atoms with Gasteiger partial charge in [0.2, 0.25) is 0 Å². The first-order valence-electron chi connectivity index (χ1n) is 8.50. The third-order valence-electron chi connectivity index (χ3n) is 4.54. The van der Waals surface area contributed by atoms with Crippen LogP contribution in [0.1, 0.15) is 66.8 Å². The third-order valence-corrected chi connectivity index (χ3v) is 6.85. The number of rotatable bonds is 4. The summed E-state index contributed by atoms with van der Waals surface area (Å²) in [6, 6.07) is 2.98. The minimum atomic E-state index is 0.480. The number of thioether (sulfide) groups is 1. The summed E-state index contributed by atoms with van der Waals surface area (Å²) in [7, 11) is 0. The fourth-order valence-electron chi connectivity index (χ4n) is 3.41. The third kappa shape index (κ3) is 3.94. The van der Waals surface area contributed by atoms with Gasteiger partial charge in [-0.1, -0.05) is 31.4 Å². The summed E-state index contributed by atoms with van der Waals surface area (Å²) < 4.78 is 0. The number of likely N-dealkylation sites (N-methyl/N-ethyl adjacent to an activating group) is 1. The van der Waals surface area contributed by atoms with Crippen molar-refractivity contribution in [1.29, 1.82) is 0 Å². The molecule has 1 nitrogen and oxygen atoms in total. The van der Waals surface area contributed by atoms with Crippen LogP contribution in [0.15, 0.2) is 17.7 Å². The molecule has 0 bridgehead atoms. The van der Waals surface area contributed by atoms with Crippen LogP contribution in [0.2, 0.25) is 0 Å². The van der Waals surface area contributed by atoms with Gasteiger partial charge in [-0.3, -0.25) is 0 Å². The van der Waals surface area contributed by atoms with Gasteiger partial charge in [0.1, 0.15) is 0 Å². The van der Waals surface area contributed by atoms with Crippen LogP contribution < -0.4 is 5.32 Å². The Kier molecular flexibility index (Phi) is 5.84. The van der Waals surface area contributed by atoms with Crippen LogP contribution in [0.25, 0.3) is 0 Å². The van der Waals surface area contributed by atoms with Crippen molar-refractivity contribution in [3.8, 4) is 0 Å². The number of nitrogens with one attached hydrogen (secondary N) is 1. The SMILES string of the molecule is CCNC(C1=CCCCCCC1)c1cc2c(s1)CCSC2. The molecule has 3 rings (SSSR count). The zero-order valence-electron chi connectivity index (χ0n) is 13.1. The van der Waals surface area contributed by atoms with Gasteiger partial charge < -0.3 is 5.32 Å². The smallest absolute Gasteiger partial charge is 0.0630 e. The van der Waals surface area contributed by atoms with Crippen LogP contribution in [0.3, 0.4) is 0 Å². The zero-order valence-corrected chi connectivity index (χ0v) is 14.8. The minimum absolute atomic E-state index is 0.480. The molecule has 0 saturated heterocycles. The maximum atomic E-state index is 3.76. The molecule has 116 valence electrons. The van der Waals surface area contributed by atoms with E-state index in [9.17, 15) is 0 Å². The number of hydrogen-bond acceptors (Lipinski definition) is 3. The Morgan fingerprint density at radius 2 is 2.10 bits per heavy atom. The van der Waals surface area contributed by atoms with Crippen molar-refractivity contribution in [1.82, 2.24) is 5.32 Å². The van der Waals surface area contributed by atoms with Crippen LogP contribution in [-0.2, 0) is 12.2 Å². The Balaban J connectivity index is 1.84. The number of hydrogen-bond donors (Lipinski definition) is 1. The summed E-state index contributed by atoms with van der Waals surface area (Å²) in [5.74, 6) is 2.53. The fourth-order valence-corrected chi connectivity index (χ4v) is 5.91. The van der Waals surface area contributed by atoms with E-state index >= 15 is 0 Å². The Morgan fingerprint density at radius 1 is 1.19 bits per heavy atom. The molecule has 0 spiro atoms. The van der Waals surface area contributed by atoms with Crippen LogP contribution in [0, 0.1) is 0 Å². The number of aryl methyl sites for hydroxylation is 1. The van der Waals surface area contributed by atoms with E-state index in [4.69, 9.17) is 0 Å². The van der Waals surface area contributed by atoms with Gasteiger partial charge >= 0.3 is 0 Å². The second kappa shape index (κ2) is 7.85. The second-order valence-corrected chi connectivity index (χ2v) is 8.40. The first-order chi connectivity index (χ1) is 10.4. The van der Waals surface area contributed by atoms with E-state index in [1.807, 2.05) is 0 Å². The Morgan fingerprint density at radius 3 is 2.95 bits per heavy atom. The first-order valence-corrected chi connectivity index (χ1v) is 10.5. The lowest BCUT2D eigenvalue weighted by Gasteiger charge is -2.22. The topological polar surface area (TPSA) is 12.0 Å². The highest BCUT2D eigenvalue weighted by Gasteiger charge is 2.21. The second-order valence-electron chi connectivity index (χ2n) is 6.12. The lowest BCUT2D eigenvalue weighted by molar-refractivity contribution is 0.558. The van der Waals surface area contributed by atoms with E-state index in [-0.39, 0.29) is 0 Å². The van der Waals surface area contributed by atoms with Crippen molar-refractivity contribution in [3.05, 3.63) is 33.0 Å². The molecule has 1 N–H and O–H groups in total. The van der Waals surface area contributed by atoms with Crippen molar-refractivity contribution in [2.75, 3.05) is 12.3 Å². The predicted molar refractivity (Wildman–Crippen MR) is 96.4 cm³/mol. The summed E-state index contributed by atoms with van der Waals surface area (Å²) in [6.45, 7) is 3.29. The molecule has 1 aromatic rings. The van der Waals surface area contributed by atoms with Crippen LogP contribution >= 0.6 is 23.1 Å². The molecule has 1 aliphatic carbocycles. The van der Waals surface area contributed by atoms with E-state index in [2.05, 4.69) is 47.5 Å². The van der Waals surface area contributed by atoms with Gasteiger partial charge in [0.15, 0.2) is 0 Å². The molecule has 1 atom stereocenters. The molecule has 21 heavy (non-hydrogen) atoms. The van der Waals surface area contributed by atoms with Gasteiger partial charge in [0.05, 0.1) is 6.04 Å². The van der Waals surface area contributed by atoms with Gasteiger partial charge in [0.25, 0.3) is 0 Å². The van der Waals surface area contributed by atoms with E-state index in [1.165, 1.54) is 56.5 Å². The maximum absolute atomic E-state index is 3.76. The van der Waals surface area contributed by atoms with Crippen molar-refractivity contribution >= 4 is 23.1 Å². The Bertz CT molecular complexity index is 466. The molecular weight excluding hydrogens is 294 g/mol. The average Bonchev–Trinajstić information content (AvgIpc) is 2.89. The normalized spacial score (nSPS) is 21.1. The Labute approximate surface area is 137 Å². The van der Waals surface area contributed by atoms with E-state index < -0.39 is 0 Å². The quantitative estimate of drug-likeness (QED) is 0.738. The molecule has 1 aromatic heterocycles. The molecule has 0 aromatic carbocycles. The van der Waals surface area contributed by atoms with Gasteiger partial charge in [-0.25, -0.2) is 0 Å². The minimum Gasteiger partial charge on any atom is -0.306 e. The molecule has 0 saturated carbocycles. The van der Waals surface area contributed by atoms with Crippen molar-refractivity contribution < 1.29 is 0 Å². The van der Waals surface area contributed by atoms with Gasteiger partial charge in [-0.15, -0.1) is 11.3 Å². The lowest BCUT2D eigenvalue weighted by atomic mass is 9.94. The van der Waals surface area contributed by atoms with Crippen LogP contribution in [-0.4, -0.2) is 12.3 Å². The van der Waals surface area contributed by atoms with E-state index in [0.29, 0.717) is 6.04 Å². The summed E-state index contributed by atoms with van der Waals surface area (Å²) >= 11 is 4.16. The zero-order chi connectivity index (χ0) is 14.5. The molecule has 1 aliphatic heterocycles. The van der Waals surface area contributed by atoms with Gasteiger partial charge in [0, 0.05) is 15.5 Å². The summed E-state index contributed by atoms with van der Waals surface area (Å²) in [5, 5.41) is 3.76. The fraction of sp³-hybridized carbons (Fsp3) is 0.667. The first kappa shape index (κ1) is 15.6. The molecular formula is C18H27NS2.